The van der Waals surface area contributed by atoms with Gasteiger partial charge in [0, 0.05) is 0 Å². The number of aromatic nitrogens is 2. The molecule has 0 fully saturated rings. The lowest BCUT2D eigenvalue weighted by molar-refractivity contribution is -0.137. The lowest BCUT2D eigenvalue weighted by Crippen LogP contribution is -2.17. The fourth-order valence-electron chi connectivity index (χ4n) is 2.45. The number of alkyl halides is 3. The summed E-state index contributed by atoms with van der Waals surface area (Å²) in [6.45, 7) is 1.000. The van der Waals surface area contributed by atoms with Crippen molar-refractivity contribution >= 4 is 11.0 Å². The molecule has 0 aliphatic heterocycles. The van der Waals surface area contributed by atoms with Gasteiger partial charge in [-0.3, -0.25) is 0 Å². The molecule has 0 unspecified atom stereocenters. The summed E-state index contributed by atoms with van der Waals surface area (Å²) in [5, 5.41) is 3.14. The number of imidazole rings is 1. The smallest absolute Gasteiger partial charge is 0.341 e. The van der Waals surface area contributed by atoms with Crippen LogP contribution in [0.25, 0.3) is 11.0 Å². The van der Waals surface area contributed by atoms with Crippen LogP contribution in [0.2, 0.25) is 0 Å². The van der Waals surface area contributed by atoms with Crippen LogP contribution in [0.15, 0.2) is 42.5 Å². The molecule has 0 saturated carbocycles. The molecule has 3 rings (SSSR count). The van der Waals surface area contributed by atoms with Gasteiger partial charge in [0.05, 0.1) is 23.1 Å². The molecule has 3 aromatic rings. The minimum absolute atomic E-state index is 0.273. The number of nitrogens with zero attached hydrogens (tertiary/aromatic N) is 1. The number of hydrogen-bond acceptors (Lipinski definition) is 2. The molecular formula is C17H15F4N3. The van der Waals surface area contributed by atoms with Gasteiger partial charge in [0.2, 0.25) is 0 Å². The minimum Gasteiger partial charge on any atom is -0.341 e. The largest absolute Gasteiger partial charge is 0.416 e. The van der Waals surface area contributed by atoms with Crippen LogP contribution < -0.4 is 5.32 Å². The Morgan fingerprint density at radius 2 is 1.92 bits per heavy atom. The fraction of sp³-hybridized carbons (Fsp3) is 0.235. The van der Waals surface area contributed by atoms with Crippen molar-refractivity contribution in [1.29, 1.82) is 0 Å². The molecular weight excluding hydrogens is 322 g/mol. The van der Waals surface area contributed by atoms with E-state index in [1.807, 2.05) is 6.07 Å². The molecule has 3 nitrogen and oxygen atoms in total. The quantitative estimate of drug-likeness (QED) is 0.545. The van der Waals surface area contributed by atoms with E-state index in [-0.39, 0.29) is 5.82 Å². The summed E-state index contributed by atoms with van der Waals surface area (Å²) < 4.78 is 51.1. The number of benzene rings is 2. The molecule has 126 valence electrons. The Morgan fingerprint density at radius 1 is 1.08 bits per heavy atom. The Kier molecular flexibility index (Phi) is 4.53. The van der Waals surface area contributed by atoms with Gasteiger partial charge >= 0.3 is 6.18 Å². The predicted molar refractivity (Wildman–Crippen MR) is 82.9 cm³/mol. The van der Waals surface area contributed by atoms with Gasteiger partial charge in [-0.1, -0.05) is 12.1 Å². The Morgan fingerprint density at radius 3 is 2.67 bits per heavy atom. The van der Waals surface area contributed by atoms with Crippen molar-refractivity contribution in [3.63, 3.8) is 0 Å². The van der Waals surface area contributed by atoms with Crippen molar-refractivity contribution < 1.29 is 17.6 Å². The third-order valence-electron chi connectivity index (χ3n) is 3.63. The maximum atomic E-state index is 13.1. The van der Waals surface area contributed by atoms with Gasteiger partial charge in [0.25, 0.3) is 0 Å². The first-order valence-electron chi connectivity index (χ1n) is 7.43. The molecule has 2 N–H and O–H groups in total. The number of halogens is 4. The van der Waals surface area contributed by atoms with E-state index in [1.54, 1.807) is 6.07 Å². The van der Waals surface area contributed by atoms with Crippen molar-refractivity contribution in [2.75, 3.05) is 6.54 Å². The van der Waals surface area contributed by atoms with Crippen LogP contribution in [-0.4, -0.2) is 16.5 Å². The van der Waals surface area contributed by atoms with Crippen LogP contribution in [0.3, 0.4) is 0 Å². The van der Waals surface area contributed by atoms with E-state index in [0.717, 1.165) is 17.7 Å². The van der Waals surface area contributed by atoms with Crippen molar-refractivity contribution in [3.8, 4) is 0 Å². The minimum atomic E-state index is -4.37. The van der Waals surface area contributed by atoms with Crippen LogP contribution in [0.4, 0.5) is 17.6 Å². The summed E-state index contributed by atoms with van der Waals surface area (Å²) in [5.41, 5.74) is 1.02. The Hall–Kier alpha value is -2.41. The lowest BCUT2D eigenvalue weighted by atomic mass is 10.1. The molecule has 0 atom stereocenters. The van der Waals surface area contributed by atoms with Gasteiger partial charge in [-0.05, 0) is 48.9 Å². The highest BCUT2D eigenvalue weighted by Gasteiger charge is 2.30. The summed E-state index contributed by atoms with van der Waals surface area (Å²) in [6, 6.07) is 9.78. The van der Waals surface area contributed by atoms with E-state index in [4.69, 9.17) is 0 Å². The van der Waals surface area contributed by atoms with E-state index in [1.165, 1.54) is 18.2 Å². The SMILES string of the molecule is Fc1cccc(CCNCc2nc3ccc(C(F)(F)F)cc3[nH]2)c1. The molecule has 0 bridgehead atoms. The van der Waals surface area contributed by atoms with E-state index < -0.39 is 11.7 Å². The fourth-order valence-corrected chi connectivity index (χ4v) is 2.45. The maximum Gasteiger partial charge on any atom is 0.416 e. The molecule has 0 aliphatic rings. The van der Waals surface area contributed by atoms with Crippen LogP contribution >= 0.6 is 0 Å². The number of fused-ring (bicyclic) bond motifs is 1. The second-order valence-corrected chi connectivity index (χ2v) is 5.47. The lowest BCUT2D eigenvalue weighted by Gasteiger charge is -2.05. The van der Waals surface area contributed by atoms with Crippen LogP contribution in [0, 0.1) is 5.82 Å². The first-order chi connectivity index (χ1) is 11.4. The monoisotopic (exact) mass is 337 g/mol. The molecule has 0 aliphatic carbocycles. The normalized spacial score (nSPS) is 12.0. The first kappa shape index (κ1) is 16.4. The summed E-state index contributed by atoms with van der Waals surface area (Å²) >= 11 is 0. The zero-order valence-corrected chi connectivity index (χ0v) is 12.6. The van der Waals surface area contributed by atoms with Gasteiger partial charge < -0.3 is 10.3 Å². The highest BCUT2D eigenvalue weighted by Crippen LogP contribution is 2.30. The molecule has 0 amide bonds. The molecule has 0 radical (unpaired) electrons. The van der Waals surface area contributed by atoms with Crippen LogP contribution in [0.1, 0.15) is 17.0 Å². The second-order valence-electron chi connectivity index (χ2n) is 5.47. The van der Waals surface area contributed by atoms with Gasteiger partial charge in [0.15, 0.2) is 0 Å². The third kappa shape index (κ3) is 3.91. The highest BCUT2D eigenvalue weighted by molar-refractivity contribution is 5.76. The Bertz CT molecular complexity index is 839. The summed E-state index contributed by atoms with van der Waals surface area (Å²) in [7, 11) is 0. The Balaban J connectivity index is 1.59. The summed E-state index contributed by atoms with van der Waals surface area (Å²) in [6.07, 6.45) is -3.72. The van der Waals surface area contributed by atoms with E-state index >= 15 is 0 Å². The summed E-state index contributed by atoms with van der Waals surface area (Å²) in [5.74, 6) is 0.286. The van der Waals surface area contributed by atoms with E-state index in [9.17, 15) is 17.6 Å². The van der Waals surface area contributed by atoms with Crippen LogP contribution in [-0.2, 0) is 19.1 Å². The van der Waals surface area contributed by atoms with Crippen molar-refractivity contribution in [2.45, 2.75) is 19.1 Å². The summed E-state index contributed by atoms with van der Waals surface area (Å²) in [4.78, 5) is 7.13. The zero-order chi connectivity index (χ0) is 17.2. The second kappa shape index (κ2) is 6.60. The van der Waals surface area contributed by atoms with Gasteiger partial charge in [-0.15, -0.1) is 0 Å². The first-order valence-corrected chi connectivity index (χ1v) is 7.43. The number of nitrogens with one attached hydrogen (secondary N) is 2. The Labute approximate surface area is 135 Å². The average Bonchev–Trinajstić information content (AvgIpc) is 2.92. The number of aromatic amines is 1. The predicted octanol–water partition coefficient (Wildman–Crippen LogP) is 4.05. The molecule has 0 saturated heterocycles. The van der Waals surface area contributed by atoms with E-state index in [2.05, 4.69) is 15.3 Å². The molecule has 0 spiro atoms. The molecule has 1 aromatic heterocycles. The van der Waals surface area contributed by atoms with Crippen molar-refractivity contribution in [1.82, 2.24) is 15.3 Å². The number of hydrogen-bond donors (Lipinski definition) is 2. The molecule has 7 heteroatoms. The third-order valence-corrected chi connectivity index (χ3v) is 3.63. The van der Waals surface area contributed by atoms with Crippen molar-refractivity contribution in [2.24, 2.45) is 0 Å². The van der Waals surface area contributed by atoms with Gasteiger partial charge in [-0.25, -0.2) is 9.37 Å². The topological polar surface area (TPSA) is 40.7 Å². The number of rotatable bonds is 5. The molecule has 1 heterocycles. The molecule has 2 aromatic carbocycles. The van der Waals surface area contributed by atoms with Crippen LogP contribution in [0.5, 0.6) is 0 Å². The van der Waals surface area contributed by atoms with Gasteiger partial charge in [-0.2, -0.15) is 13.2 Å². The average molecular weight is 337 g/mol. The maximum absolute atomic E-state index is 13.1. The van der Waals surface area contributed by atoms with Gasteiger partial charge in [0.1, 0.15) is 11.6 Å². The standard InChI is InChI=1S/C17H15F4N3/c18-13-3-1-2-11(8-13)6-7-22-10-16-23-14-5-4-12(17(19,20)21)9-15(14)24-16/h1-5,8-9,22H,6-7,10H2,(H,23,24). The highest BCUT2D eigenvalue weighted by atomic mass is 19.4. The van der Waals surface area contributed by atoms with Crippen molar-refractivity contribution in [3.05, 3.63) is 65.2 Å². The molecule has 24 heavy (non-hydrogen) atoms. The number of H-pyrrole nitrogens is 1. The van der Waals surface area contributed by atoms with E-state index in [0.29, 0.717) is 36.4 Å². The zero-order valence-electron chi connectivity index (χ0n) is 12.6.